The average molecular weight is 428 g/mol. The van der Waals surface area contributed by atoms with Crippen LogP contribution >= 0.6 is 43.5 Å². The van der Waals surface area contributed by atoms with Crippen LogP contribution in [0.1, 0.15) is 0 Å². The molecule has 100 valence electrons. The smallest absolute Gasteiger partial charge is 0.261 e. The third-order valence-corrected chi connectivity index (χ3v) is 4.83. The van der Waals surface area contributed by atoms with Crippen molar-refractivity contribution in [3.63, 3.8) is 0 Å². The monoisotopic (exact) mass is 425 g/mol. The Bertz CT molecular complexity index is 724. The zero-order valence-electron chi connectivity index (χ0n) is 9.14. The Labute approximate surface area is 131 Å². The molecule has 2 aromatic rings. The maximum absolute atomic E-state index is 12.2. The fourth-order valence-electron chi connectivity index (χ4n) is 1.26. The van der Waals surface area contributed by atoms with Crippen LogP contribution in [0, 0.1) is 0 Å². The van der Waals surface area contributed by atoms with E-state index in [2.05, 4.69) is 46.5 Å². The first-order valence-electron chi connectivity index (χ1n) is 4.85. The number of sulfonamides is 1. The molecule has 0 fully saturated rings. The van der Waals surface area contributed by atoms with Crippen molar-refractivity contribution in [1.29, 1.82) is 0 Å². The molecule has 1 N–H and O–H groups in total. The summed E-state index contributed by atoms with van der Waals surface area (Å²) in [5.74, 6) is 0.0862. The lowest BCUT2D eigenvalue weighted by atomic mass is 10.4. The molecule has 0 spiro atoms. The molecule has 19 heavy (non-hydrogen) atoms. The van der Waals surface area contributed by atoms with Gasteiger partial charge in [0.15, 0.2) is 10.4 Å². The summed E-state index contributed by atoms with van der Waals surface area (Å²) in [7, 11) is -3.81. The fraction of sp³-hybridized carbons (Fsp3) is 0. The van der Waals surface area contributed by atoms with Gasteiger partial charge in [-0.1, -0.05) is 23.7 Å². The first-order chi connectivity index (χ1) is 8.90. The number of nitrogens with zero attached hydrogens (tertiary/aromatic N) is 2. The molecule has 0 saturated carbocycles. The zero-order valence-corrected chi connectivity index (χ0v) is 13.9. The van der Waals surface area contributed by atoms with Crippen LogP contribution in [0.25, 0.3) is 0 Å². The lowest BCUT2D eigenvalue weighted by Gasteiger charge is -2.09. The van der Waals surface area contributed by atoms with Crippen LogP contribution in [-0.4, -0.2) is 18.4 Å². The van der Waals surface area contributed by atoms with Gasteiger partial charge in [-0.3, -0.25) is 4.72 Å². The van der Waals surface area contributed by atoms with E-state index in [1.165, 1.54) is 18.3 Å². The molecule has 0 unspecified atom stereocenters. The minimum Gasteiger partial charge on any atom is -0.261 e. The molecule has 9 heteroatoms. The second-order valence-corrected chi connectivity index (χ2v) is 6.99. The predicted molar refractivity (Wildman–Crippen MR) is 79.7 cm³/mol. The standard InChI is InChI=1S/C10H6Br2ClN3O2S/c11-8-5-14-10(9(12)15-8)16-19(17,18)7-4-2-1-3-6(7)13/h1-5H,(H,14,16). The summed E-state index contributed by atoms with van der Waals surface area (Å²) >= 11 is 12.1. The summed E-state index contributed by atoms with van der Waals surface area (Å²) in [5.41, 5.74) is 0. The van der Waals surface area contributed by atoms with Crippen molar-refractivity contribution in [1.82, 2.24) is 9.97 Å². The van der Waals surface area contributed by atoms with E-state index in [9.17, 15) is 8.42 Å². The van der Waals surface area contributed by atoms with Crippen molar-refractivity contribution < 1.29 is 8.42 Å². The highest BCUT2D eigenvalue weighted by atomic mass is 79.9. The second kappa shape index (κ2) is 5.74. The number of anilines is 1. The van der Waals surface area contributed by atoms with Gasteiger partial charge in [0.2, 0.25) is 0 Å². The number of aromatic nitrogens is 2. The molecule has 1 heterocycles. The number of rotatable bonds is 3. The number of halogens is 3. The summed E-state index contributed by atoms with van der Waals surface area (Å²) in [4.78, 5) is 7.89. The fourth-order valence-corrected chi connectivity index (χ4v) is 3.84. The van der Waals surface area contributed by atoms with Gasteiger partial charge >= 0.3 is 0 Å². The van der Waals surface area contributed by atoms with E-state index < -0.39 is 10.0 Å². The molecule has 0 aliphatic heterocycles. The molecule has 0 aliphatic carbocycles. The number of nitrogens with one attached hydrogen (secondary N) is 1. The van der Waals surface area contributed by atoms with Gasteiger partial charge in [0.1, 0.15) is 9.50 Å². The second-order valence-electron chi connectivity index (χ2n) is 3.37. The first kappa shape index (κ1) is 14.7. The maximum atomic E-state index is 12.2. The van der Waals surface area contributed by atoms with Gasteiger partial charge in [-0.2, -0.15) is 0 Å². The lowest BCUT2D eigenvalue weighted by molar-refractivity contribution is 0.601. The van der Waals surface area contributed by atoms with Gasteiger partial charge in [0.25, 0.3) is 10.0 Å². The Balaban J connectivity index is 2.40. The maximum Gasteiger partial charge on any atom is 0.264 e. The average Bonchev–Trinajstić information content (AvgIpc) is 2.33. The van der Waals surface area contributed by atoms with Crippen molar-refractivity contribution in [2.75, 3.05) is 4.72 Å². The van der Waals surface area contributed by atoms with Gasteiger partial charge < -0.3 is 0 Å². The molecule has 0 amide bonds. The number of hydrogen-bond donors (Lipinski definition) is 1. The highest BCUT2D eigenvalue weighted by molar-refractivity contribution is 9.11. The summed E-state index contributed by atoms with van der Waals surface area (Å²) in [6.07, 6.45) is 1.38. The Hall–Kier alpha value is -0.700. The summed E-state index contributed by atoms with van der Waals surface area (Å²) in [6, 6.07) is 6.14. The van der Waals surface area contributed by atoms with Crippen molar-refractivity contribution in [2.45, 2.75) is 4.90 Å². The molecule has 0 saturated heterocycles. The van der Waals surface area contributed by atoms with Crippen LogP contribution in [0.5, 0.6) is 0 Å². The Morgan fingerprint density at radius 2 is 1.89 bits per heavy atom. The number of benzene rings is 1. The normalized spacial score (nSPS) is 11.3. The van der Waals surface area contributed by atoms with Gasteiger partial charge in [-0.05, 0) is 44.0 Å². The van der Waals surface area contributed by atoms with Crippen molar-refractivity contribution in [3.8, 4) is 0 Å². The van der Waals surface area contributed by atoms with Crippen LogP contribution in [-0.2, 0) is 10.0 Å². The Morgan fingerprint density at radius 1 is 1.21 bits per heavy atom. The molecule has 0 bridgehead atoms. The van der Waals surface area contributed by atoms with Gasteiger partial charge in [-0.15, -0.1) is 0 Å². The van der Waals surface area contributed by atoms with Crippen molar-refractivity contribution in [2.24, 2.45) is 0 Å². The lowest BCUT2D eigenvalue weighted by Crippen LogP contribution is -2.15. The van der Waals surface area contributed by atoms with Crippen LogP contribution < -0.4 is 4.72 Å². The van der Waals surface area contributed by atoms with E-state index in [1.807, 2.05) is 0 Å². The van der Waals surface area contributed by atoms with Crippen molar-refractivity contribution in [3.05, 3.63) is 44.7 Å². The van der Waals surface area contributed by atoms with Gasteiger partial charge in [0, 0.05) is 0 Å². The SMILES string of the molecule is O=S(=O)(Nc1ncc(Br)nc1Br)c1ccccc1Cl. The summed E-state index contributed by atoms with van der Waals surface area (Å²) < 4.78 is 27.4. The largest absolute Gasteiger partial charge is 0.264 e. The topological polar surface area (TPSA) is 72.0 Å². The molecule has 0 atom stereocenters. The number of hydrogen-bond acceptors (Lipinski definition) is 4. The Kier molecular flexibility index (Phi) is 4.44. The van der Waals surface area contributed by atoms with Crippen LogP contribution in [0.3, 0.4) is 0 Å². The molecular weight excluding hydrogens is 421 g/mol. The minimum absolute atomic E-state index is 0.0201. The van der Waals surface area contributed by atoms with E-state index in [1.54, 1.807) is 12.1 Å². The van der Waals surface area contributed by atoms with Crippen LogP contribution in [0.15, 0.2) is 44.6 Å². The minimum atomic E-state index is -3.81. The molecule has 0 radical (unpaired) electrons. The first-order valence-corrected chi connectivity index (χ1v) is 8.30. The van der Waals surface area contributed by atoms with Crippen LogP contribution in [0.4, 0.5) is 5.82 Å². The van der Waals surface area contributed by atoms with Gasteiger partial charge in [0.05, 0.1) is 11.2 Å². The third-order valence-electron chi connectivity index (χ3n) is 2.06. The predicted octanol–water partition coefficient (Wildman–Crippen LogP) is 3.46. The van der Waals surface area contributed by atoms with Crippen LogP contribution in [0.2, 0.25) is 5.02 Å². The van der Waals surface area contributed by atoms with E-state index in [4.69, 9.17) is 11.6 Å². The third kappa shape index (κ3) is 3.44. The highest BCUT2D eigenvalue weighted by Gasteiger charge is 2.19. The molecular formula is C10H6Br2ClN3O2S. The summed E-state index contributed by atoms with van der Waals surface area (Å²) in [6.45, 7) is 0. The van der Waals surface area contributed by atoms with Crippen molar-refractivity contribution >= 4 is 59.3 Å². The molecule has 0 aliphatic rings. The van der Waals surface area contributed by atoms with Gasteiger partial charge in [-0.25, -0.2) is 18.4 Å². The van der Waals surface area contributed by atoms with E-state index in [0.29, 0.717) is 4.60 Å². The molecule has 1 aromatic carbocycles. The molecule has 5 nitrogen and oxygen atoms in total. The Morgan fingerprint density at radius 3 is 2.53 bits per heavy atom. The quantitative estimate of drug-likeness (QED) is 0.814. The molecule has 2 rings (SSSR count). The van der Waals surface area contributed by atoms with E-state index >= 15 is 0 Å². The van der Waals surface area contributed by atoms with E-state index in [0.717, 1.165) is 0 Å². The zero-order chi connectivity index (χ0) is 14.0. The summed E-state index contributed by atoms with van der Waals surface area (Å²) in [5, 5.41) is 0.135. The highest BCUT2D eigenvalue weighted by Crippen LogP contribution is 2.25. The van der Waals surface area contributed by atoms with E-state index in [-0.39, 0.29) is 20.3 Å². The molecule has 1 aromatic heterocycles.